The van der Waals surface area contributed by atoms with Crippen molar-refractivity contribution in [3.05, 3.63) is 63.7 Å². The third kappa shape index (κ3) is 7.46. The number of alkyl halides is 1. The fourth-order valence-corrected chi connectivity index (χ4v) is 2.93. The molecular weight excluding hydrogens is 393 g/mol. The fourth-order valence-electron chi connectivity index (χ4n) is 2.56. The minimum atomic E-state index is 0.350. The van der Waals surface area contributed by atoms with Crippen LogP contribution >= 0.6 is 23.2 Å². The molecule has 0 radical (unpaired) electrons. The SMILES string of the molecule is C/C=C\c1cc(OC)ccc1C.CCCc1cc(Cl)c(OCCCl)c(C#N)c1. The van der Waals surface area contributed by atoms with Gasteiger partial charge in [-0.25, -0.2) is 0 Å². The molecule has 0 N–H and O–H groups in total. The summed E-state index contributed by atoms with van der Waals surface area (Å²) in [6.07, 6.45) is 6.03. The van der Waals surface area contributed by atoms with Crippen LogP contribution < -0.4 is 9.47 Å². The van der Waals surface area contributed by atoms with Crippen LogP contribution in [-0.4, -0.2) is 19.6 Å². The molecule has 0 saturated carbocycles. The van der Waals surface area contributed by atoms with E-state index in [4.69, 9.17) is 37.9 Å². The highest BCUT2D eigenvalue weighted by atomic mass is 35.5. The quantitative estimate of drug-likeness (QED) is 0.462. The number of hydrogen-bond acceptors (Lipinski definition) is 3. The maximum absolute atomic E-state index is 9.01. The molecule has 0 aliphatic heterocycles. The van der Waals surface area contributed by atoms with E-state index in [0.717, 1.165) is 24.2 Å². The van der Waals surface area contributed by atoms with Gasteiger partial charge in [-0.2, -0.15) is 5.26 Å². The molecule has 5 heteroatoms. The second-order valence-corrected chi connectivity index (χ2v) is 6.86. The highest BCUT2D eigenvalue weighted by Crippen LogP contribution is 2.30. The summed E-state index contributed by atoms with van der Waals surface area (Å²) >= 11 is 11.6. The molecule has 3 nitrogen and oxygen atoms in total. The number of benzene rings is 2. The predicted molar refractivity (Wildman–Crippen MR) is 119 cm³/mol. The second-order valence-electron chi connectivity index (χ2n) is 6.08. The molecule has 28 heavy (non-hydrogen) atoms. The average Bonchev–Trinajstić information content (AvgIpc) is 2.69. The van der Waals surface area contributed by atoms with Crippen LogP contribution in [0.1, 0.15) is 42.5 Å². The second kappa shape index (κ2) is 13.1. The lowest BCUT2D eigenvalue weighted by molar-refractivity contribution is 0.342. The van der Waals surface area contributed by atoms with Gasteiger partial charge in [0.25, 0.3) is 0 Å². The molecule has 2 aromatic carbocycles. The summed E-state index contributed by atoms with van der Waals surface area (Å²) in [6, 6.07) is 11.8. The standard InChI is InChI=1S/C12H13Cl2NO.C11H14O/c1-2-3-9-6-10(8-15)12(11(14)7-9)16-5-4-13;1-4-5-10-8-11(12-3)7-6-9(10)2/h6-7H,2-5H2,1H3;4-8H,1-3H3/b;5-4-. The Morgan fingerprint density at radius 2 is 1.96 bits per heavy atom. The Hall–Kier alpha value is -2.15. The molecule has 0 unspecified atom stereocenters. The first kappa shape index (κ1) is 23.9. The third-order valence-corrected chi connectivity index (χ3v) is 4.35. The lowest BCUT2D eigenvalue weighted by atomic mass is 10.1. The number of nitriles is 1. The molecule has 150 valence electrons. The van der Waals surface area contributed by atoms with E-state index in [0.29, 0.717) is 28.8 Å². The van der Waals surface area contributed by atoms with Gasteiger partial charge in [0.05, 0.1) is 23.6 Å². The summed E-state index contributed by atoms with van der Waals surface area (Å²) in [7, 11) is 1.68. The summed E-state index contributed by atoms with van der Waals surface area (Å²) in [5.41, 5.74) is 4.02. The van der Waals surface area contributed by atoms with Crippen molar-refractivity contribution in [2.24, 2.45) is 0 Å². The molecule has 0 atom stereocenters. The highest BCUT2D eigenvalue weighted by molar-refractivity contribution is 6.32. The Morgan fingerprint density at radius 1 is 1.21 bits per heavy atom. The van der Waals surface area contributed by atoms with Crippen molar-refractivity contribution in [1.29, 1.82) is 5.26 Å². The first-order valence-electron chi connectivity index (χ1n) is 9.19. The van der Waals surface area contributed by atoms with Crippen LogP contribution in [0.5, 0.6) is 11.5 Å². The van der Waals surface area contributed by atoms with Crippen molar-refractivity contribution in [2.45, 2.75) is 33.6 Å². The van der Waals surface area contributed by atoms with Crippen LogP contribution in [0.4, 0.5) is 0 Å². The van der Waals surface area contributed by atoms with Crippen LogP contribution in [0, 0.1) is 18.3 Å². The Bertz CT molecular complexity index is 826. The molecular formula is C23H27Cl2NO2. The van der Waals surface area contributed by atoms with E-state index in [1.165, 1.54) is 11.1 Å². The minimum absolute atomic E-state index is 0.350. The van der Waals surface area contributed by atoms with E-state index < -0.39 is 0 Å². The van der Waals surface area contributed by atoms with Gasteiger partial charge in [-0.15, -0.1) is 11.6 Å². The highest BCUT2D eigenvalue weighted by Gasteiger charge is 2.10. The van der Waals surface area contributed by atoms with Gasteiger partial charge in [-0.05, 0) is 61.2 Å². The van der Waals surface area contributed by atoms with Crippen molar-refractivity contribution in [3.63, 3.8) is 0 Å². The average molecular weight is 420 g/mol. The van der Waals surface area contributed by atoms with Crippen molar-refractivity contribution >= 4 is 29.3 Å². The Balaban J connectivity index is 0.000000292. The third-order valence-electron chi connectivity index (χ3n) is 3.92. The van der Waals surface area contributed by atoms with Crippen LogP contribution in [0.15, 0.2) is 36.4 Å². The molecule has 0 heterocycles. The Kier molecular flexibility index (Phi) is 11.2. The van der Waals surface area contributed by atoms with Crippen molar-refractivity contribution < 1.29 is 9.47 Å². The Morgan fingerprint density at radius 3 is 2.54 bits per heavy atom. The van der Waals surface area contributed by atoms with Gasteiger partial charge in [-0.3, -0.25) is 0 Å². The zero-order valence-electron chi connectivity index (χ0n) is 16.9. The first-order chi connectivity index (χ1) is 13.5. The molecule has 0 fully saturated rings. The number of nitrogens with zero attached hydrogens (tertiary/aromatic N) is 1. The smallest absolute Gasteiger partial charge is 0.155 e. The molecule has 2 aromatic rings. The van der Waals surface area contributed by atoms with Crippen LogP contribution in [0.2, 0.25) is 5.02 Å². The van der Waals surface area contributed by atoms with Gasteiger partial charge in [0.1, 0.15) is 18.4 Å². The van der Waals surface area contributed by atoms with Crippen LogP contribution in [0.3, 0.4) is 0 Å². The van der Waals surface area contributed by atoms with Gasteiger partial charge < -0.3 is 9.47 Å². The Labute approximate surface area is 178 Å². The van der Waals surface area contributed by atoms with Crippen molar-refractivity contribution in [2.75, 3.05) is 19.6 Å². The topological polar surface area (TPSA) is 42.2 Å². The van der Waals surface area contributed by atoms with E-state index in [1.54, 1.807) is 7.11 Å². The van der Waals surface area contributed by atoms with Gasteiger partial charge >= 0.3 is 0 Å². The van der Waals surface area contributed by atoms with E-state index >= 15 is 0 Å². The van der Waals surface area contributed by atoms with E-state index in [1.807, 2.05) is 37.3 Å². The number of hydrogen-bond donors (Lipinski definition) is 0. The summed E-state index contributed by atoms with van der Waals surface area (Å²) < 4.78 is 10.5. The van der Waals surface area contributed by atoms with Gasteiger partial charge in [0.15, 0.2) is 5.75 Å². The van der Waals surface area contributed by atoms with Crippen molar-refractivity contribution in [1.82, 2.24) is 0 Å². The number of aryl methyl sites for hydroxylation is 2. The number of methoxy groups -OCH3 is 1. The lowest BCUT2D eigenvalue weighted by Gasteiger charge is -2.10. The minimum Gasteiger partial charge on any atom is -0.497 e. The molecule has 0 aliphatic carbocycles. The molecule has 0 aromatic heterocycles. The molecule has 0 aliphatic rings. The van der Waals surface area contributed by atoms with Crippen molar-refractivity contribution in [3.8, 4) is 17.6 Å². The zero-order valence-corrected chi connectivity index (χ0v) is 18.4. The monoisotopic (exact) mass is 419 g/mol. The van der Waals surface area contributed by atoms with E-state index in [-0.39, 0.29) is 0 Å². The molecule has 0 bridgehead atoms. The van der Waals surface area contributed by atoms with E-state index in [2.05, 4.69) is 32.1 Å². The summed E-state index contributed by atoms with van der Waals surface area (Å²) in [6.45, 7) is 6.54. The number of allylic oxidation sites excluding steroid dienone is 1. The maximum Gasteiger partial charge on any atom is 0.155 e. The predicted octanol–water partition coefficient (Wildman–Crippen LogP) is 6.82. The summed E-state index contributed by atoms with van der Waals surface area (Å²) in [5, 5.41) is 9.49. The number of ether oxygens (including phenoxy) is 2. The van der Waals surface area contributed by atoms with Crippen LogP contribution in [-0.2, 0) is 6.42 Å². The van der Waals surface area contributed by atoms with Gasteiger partial charge in [0.2, 0.25) is 0 Å². The molecule has 0 saturated heterocycles. The fraction of sp³-hybridized carbons (Fsp3) is 0.348. The largest absolute Gasteiger partial charge is 0.497 e. The lowest BCUT2D eigenvalue weighted by Crippen LogP contribution is -2.01. The van der Waals surface area contributed by atoms with Gasteiger partial charge in [0, 0.05) is 0 Å². The van der Waals surface area contributed by atoms with E-state index in [9.17, 15) is 0 Å². The first-order valence-corrected chi connectivity index (χ1v) is 10.1. The molecule has 2 rings (SSSR count). The van der Waals surface area contributed by atoms with Gasteiger partial charge in [-0.1, -0.05) is 43.2 Å². The molecule has 0 amide bonds. The summed E-state index contributed by atoms with van der Waals surface area (Å²) in [5.74, 6) is 1.72. The molecule has 0 spiro atoms. The summed E-state index contributed by atoms with van der Waals surface area (Å²) in [4.78, 5) is 0. The normalized spacial score (nSPS) is 10.2. The number of rotatable bonds is 7. The number of halogens is 2. The maximum atomic E-state index is 9.01. The van der Waals surface area contributed by atoms with Crippen LogP contribution in [0.25, 0.3) is 6.08 Å². The zero-order chi connectivity index (χ0) is 20.9.